The molecule has 0 aliphatic carbocycles. The average Bonchev–Trinajstić information content (AvgIpc) is 2.55. The highest BCUT2D eigenvalue weighted by Gasteiger charge is 2.30. The number of anilines is 1. The van der Waals surface area contributed by atoms with Gasteiger partial charge in [0.05, 0.1) is 0 Å². The maximum absolute atomic E-state index is 12.1. The van der Waals surface area contributed by atoms with E-state index in [4.69, 9.17) is 0 Å². The second-order valence-electron chi connectivity index (χ2n) is 5.15. The summed E-state index contributed by atoms with van der Waals surface area (Å²) in [5, 5.41) is 3.37. The van der Waals surface area contributed by atoms with Crippen molar-refractivity contribution in [1.82, 2.24) is 4.90 Å². The number of ether oxygens (including phenoxy) is 1. The van der Waals surface area contributed by atoms with Crippen molar-refractivity contribution in [3.8, 4) is 5.75 Å². The zero-order valence-electron chi connectivity index (χ0n) is 11.4. The first-order valence-corrected chi connectivity index (χ1v) is 6.73. The lowest BCUT2D eigenvalue weighted by molar-refractivity contribution is -0.274. The molecular formula is C14H19F3N2O. The third-order valence-electron chi connectivity index (χ3n) is 3.41. The molecule has 0 radical (unpaired) electrons. The van der Waals surface area contributed by atoms with E-state index in [0.717, 1.165) is 38.0 Å². The Labute approximate surface area is 116 Å². The number of benzene rings is 1. The molecule has 1 fully saturated rings. The third kappa shape index (κ3) is 4.92. The van der Waals surface area contributed by atoms with Crippen LogP contribution < -0.4 is 10.1 Å². The van der Waals surface area contributed by atoms with E-state index in [1.165, 1.54) is 12.1 Å². The molecule has 1 saturated heterocycles. The molecule has 1 unspecified atom stereocenters. The van der Waals surface area contributed by atoms with Gasteiger partial charge in [0.15, 0.2) is 0 Å². The molecule has 1 aromatic carbocycles. The van der Waals surface area contributed by atoms with Crippen LogP contribution in [0.25, 0.3) is 0 Å². The molecule has 0 bridgehead atoms. The molecule has 1 N–H and O–H groups in total. The lowest BCUT2D eigenvalue weighted by atomic mass is 10.1. The number of alkyl halides is 3. The Morgan fingerprint density at radius 1 is 1.15 bits per heavy atom. The largest absolute Gasteiger partial charge is 0.573 e. The van der Waals surface area contributed by atoms with Gasteiger partial charge in [-0.05, 0) is 63.7 Å². The van der Waals surface area contributed by atoms with Gasteiger partial charge in [0.1, 0.15) is 5.75 Å². The zero-order chi connectivity index (χ0) is 14.6. The van der Waals surface area contributed by atoms with Crippen LogP contribution in [0, 0.1) is 0 Å². The lowest BCUT2D eigenvalue weighted by Gasteiger charge is -2.18. The molecular weight excluding hydrogens is 269 g/mol. The maximum Gasteiger partial charge on any atom is 0.573 e. The van der Waals surface area contributed by atoms with Gasteiger partial charge in [-0.25, -0.2) is 0 Å². The van der Waals surface area contributed by atoms with E-state index in [-0.39, 0.29) is 5.75 Å². The van der Waals surface area contributed by atoms with Crippen LogP contribution in [0.15, 0.2) is 24.3 Å². The summed E-state index contributed by atoms with van der Waals surface area (Å²) in [5.41, 5.74) is 0.828. The molecule has 1 heterocycles. The Balaban J connectivity index is 1.90. The minimum atomic E-state index is -4.64. The van der Waals surface area contributed by atoms with E-state index >= 15 is 0 Å². The van der Waals surface area contributed by atoms with Gasteiger partial charge in [0, 0.05) is 11.7 Å². The molecule has 1 aliphatic rings. The summed E-state index contributed by atoms with van der Waals surface area (Å²) in [4.78, 5) is 2.29. The van der Waals surface area contributed by atoms with Gasteiger partial charge in [-0.3, -0.25) is 0 Å². The minimum Gasteiger partial charge on any atom is -0.406 e. The monoisotopic (exact) mass is 288 g/mol. The van der Waals surface area contributed by atoms with E-state index in [9.17, 15) is 13.2 Å². The first kappa shape index (κ1) is 15.0. The Kier molecular flexibility index (Phi) is 4.75. The summed E-state index contributed by atoms with van der Waals surface area (Å²) in [5.74, 6) is -0.191. The second-order valence-corrected chi connectivity index (χ2v) is 5.15. The van der Waals surface area contributed by atoms with Crippen LogP contribution in [0.2, 0.25) is 0 Å². The maximum atomic E-state index is 12.1. The lowest BCUT2D eigenvalue weighted by Crippen LogP contribution is -2.23. The van der Waals surface area contributed by atoms with Gasteiger partial charge in [-0.15, -0.1) is 13.2 Å². The van der Waals surface area contributed by atoms with Gasteiger partial charge in [-0.1, -0.05) is 0 Å². The van der Waals surface area contributed by atoms with Crippen LogP contribution in [-0.2, 0) is 0 Å². The fourth-order valence-corrected chi connectivity index (χ4v) is 2.37. The van der Waals surface area contributed by atoms with Crippen molar-refractivity contribution in [2.45, 2.75) is 31.7 Å². The van der Waals surface area contributed by atoms with Crippen LogP contribution in [0.3, 0.4) is 0 Å². The highest BCUT2D eigenvalue weighted by Crippen LogP contribution is 2.25. The van der Waals surface area contributed by atoms with Gasteiger partial charge in [0.2, 0.25) is 0 Å². The van der Waals surface area contributed by atoms with Crippen LogP contribution in [0.1, 0.15) is 19.3 Å². The van der Waals surface area contributed by atoms with Crippen LogP contribution >= 0.6 is 0 Å². The minimum absolute atomic E-state index is 0.191. The number of hydrogen-bond donors (Lipinski definition) is 1. The normalized spacial score (nSPS) is 21.3. The first-order valence-electron chi connectivity index (χ1n) is 6.73. The Morgan fingerprint density at radius 2 is 1.85 bits per heavy atom. The average molecular weight is 288 g/mol. The number of likely N-dealkylation sites (tertiary alicyclic amines) is 1. The topological polar surface area (TPSA) is 24.5 Å². The van der Waals surface area contributed by atoms with Gasteiger partial charge in [0.25, 0.3) is 0 Å². The first-order chi connectivity index (χ1) is 9.42. The summed E-state index contributed by atoms with van der Waals surface area (Å²) in [6.45, 7) is 2.13. The molecule has 6 heteroatoms. The molecule has 112 valence electrons. The highest BCUT2D eigenvalue weighted by molar-refractivity contribution is 5.47. The molecule has 2 rings (SSSR count). The van der Waals surface area contributed by atoms with Crippen molar-refractivity contribution in [3.05, 3.63) is 24.3 Å². The van der Waals surface area contributed by atoms with Crippen LogP contribution in [0.5, 0.6) is 5.75 Å². The standard InChI is InChI=1S/C14H19F3N2O/c1-19-9-2-3-11(8-10-19)18-12-4-6-13(7-5-12)20-14(15,16)17/h4-7,11,18H,2-3,8-10H2,1H3. The fourth-order valence-electron chi connectivity index (χ4n) is 2.37. The summed E-state index contributed by atoms with van der Waals surface area (Å²) in [6.07, 6.45) is -1.40. The number of nitrogens with one attached hydrogen (secondary N) is 1. The summed E-state index contributed by atoms with van der Waals surface area (Å²) in [7, 11) is 2.10. The molecule has 1 aromatic rings. The van der Waals surface area contributed by atoms with Crippen molar-refractivity contribution in [2.75, 3.05) is 25.5 Å². The van der Waals surface area contributed by atoms with Crippen molar-refractivity contribution in [2.24, 2.45) is 0 Å². The van der Waals surface area contributed by atoms with E-state index < -0.39 is 6.36 Å². The van der Waals surface area contributed by atoms with Crippen molar-refractivity contribution in [1.29, 1.82) is 0 Å². The van der Waals surface area contributed by atoms with E-state index in [2.05, 4.69) is 22.0 Å². The van der Waals surface area contributed by atoms with Crippen molar-refractivity contribution < 1.29 is 17.9 Å². The predicted octanol–water partition coefficient (Wildman–Crippen LogP) is 3.48. The quantitative estimate of drug-likeness (QED) is 0.921. The molecule has 3 nitrogen and oxygen atoms in total. The molecule has 1 atom stereocenters. The molecule has 0 saturated carbocycles. The highest BCUT2D eigenvalue weighted by atomic mass is 19.4. The number of nitrogens with zero attached hydrogens (tertiary/aromatic N) is 1. The molecule has 0 aromatic heterocycles. The molecule has 1 aliphatic heterocycles. The van der Waals surface area contributed by atoms with Gasteiger partial charge in [-0.2, -0.15) is 0 Å². The number of hydrogen-bond acceptors (Lipinski definition) is 3. The molecule has 0 amide bonds. The van der Waals surface area contributed by atoms with Gasteiger partial charge < -0.3 is 15.0 Å². The Morgan fingerprint density at radius 3 is 2.50 bits per heavy atom. The summed E-state index contributed by atoms with van der Waals surface area (Å²) >= 11 is 0. The second kappa shape index (κ2) is 6.35. The summed E-state index contributed by atoms with van der Waals surface area (Å²) in [6, 6.07) is 6.28. The third-order valence-corrected chi connectivity index (χ3v) is 3.41. The molecule has 20 heavy (non-hydrogen) atoms. The SMILES string of the molecule is CN1CCCC(Nc2ccc(OC(F)(F)F)cc2)CC1. The number of rotatable bonds is 3. The zero-order valence-corrected chi connectivity index (χ0v) is 11.4. The van der Waals surface area contributed by atoms with Crippen LogP contribution in [0.4, 0.5) is 18.9 Å². The van der Waals surface area contributed by atoms with E-state index in [1.807, 2.05) is 0 Å². The Bertz CT molecular complexity index is 419. The predicted molar refractivity (Wildman–Crippen MR) is 71.9 cm³/mol. The smallest absolute Gasteiger partial charge is 0.406 e. The van der Waals surface area contributed by atoms with Crippen LogP contribution in [-0.4, -0.2) is 37.4 Å². The van der Waals surface area contributed by atoms with E-state index in [1.54, 1.807) is 12.1 Å². The summed E-state index contributed by atoms with van der Waals surface area (Å²) < 4.78 is 40.0. The Hall–Kier alpha value is -1.43. The van der Waals surface area contributed by atoms with Gasteiger partial charge >= 0.3 is 6.36 Å². The fraction of sp³-hybridized carbons (Fsp3) is 0.571. The van der Waals surface area contributed by atoms with E-state index in [0.29, 0.717) is 6.04 Å². The van der Waals surface area contributed by atoms with Crippen molar-refractivity contribution in [3.63, 3.8) is 0 Å². The molecule has 0 spiro atoms. The number of halogens is 3. The van der Waals surface area contributed by atoms with Crippen molar-refractivity contribution >= 4 is 5.69 Å².